The Balaban J connectivity index is 0.000000482. The molecule has 8 rings (SSSR count). The Hall–Kier alpha value is -4.24. The molecule has 2 unspecified atom stereocenters. The third kappa shape index (κ3) is 16.1. The molecule has 348 valence electrons. The van der Waals surface area contributed by atoms with Crippen LogP contribution < -0.4 is 26.6 Å². The first-order valence-corrected chi connectivity index (χ1v) is 25.1. The minimum atomic E-state index is 0.380. The van der Waals surface area contributed by atoms with E-state index in [0.717, 1.165) is 93.8 Å². The summed E-state index contributed by atoms with van der Waals surface area (Å²) in [5.74, 6) is 3.72. The molecule has 2 saturated heterocycles. The minimum absolute atomic E-state index is 0.380. The van der Waals surface area contributed by atoms with Gasteiger partial charge in [0, 0.05) is 54.5 Å². The van der Waals surface area contributed by atoms with Crippen LogP contribution in [0.3, 0.4) is 0 Å². The third-order valence-corrected chi connectivity index (χ3v) is 10.6. The molecule has 0 saturated carbocycles. The number of anilines is 4. The van der Waals surface area contributed by atoms with Gasteiger partial charge in [0.2, 0.25) is 11.9 Å². The molecule has 4 heterocycles. The lowest BCUT2D eigenvalue weighted by Crippen LogP contribution is -2.33. The quantitative estimate of drug-likeness (QED) is 0.159. The van der Waals surface area contributed by atoms with E-state index in [1.54, 1.807) is 0 Å². The standard InChI is InChI=1S/C20H26N4.C19H25N5.2C3H8.4C2H6/c1-2-3-6-14-11-12-24(13-14)19-17-10-9-15-7-4-5-8-16(15)18(17)22-20(21)23-19;1-2-10-21-14-9-11-24(12-14)18-16-8-7-13-5-3-4-6-15(13)17(16)22-19(20)23-18;2*1-3-2;4*1-2/h4-5,7-8,14H,2-3,6,9-13H2,1H3,(H2,21,22,23);3-6,14,21H,2,7-12H2,1H3,(H2,20,22,23);2*3H2,1-2H3;4*1-2H3. The molecular weight excluding hydrogens is 763 g/mol. The van der Waals surface area contributed by atoms with Crippen molar-refractivity contribution < 1.29 is 0 Å². The summed E-state index contributed by atoms with van der Waals surface area (Å²) < 4.78 is 0. The summed E-state index contributed by atoms with van der Waals surface area (Å²) in [6.45, 7) is 34.3. The minimum Gasteiger partial charge on any atom is -0.368 e. The Morgan fingerprint density at radius 1 is 0.565 bits per heavy atom. The molecule has 0 amide bonds. The fraction of sp³-hybridized carbons (Fsp3) is 0.623. The zero-order chi connectivity index (χ0) is 46.5. The lowest BCUT2D eigenvalue weighted by molar-refractivity contribution is 0.509. The van der Waals surface area contributed by atoms with Gasteiger partial charge in [0.1, 0.15) is 11.6 Å². The number of benzene rings is 2. The number of aromatic nitrogens is 4. The topological polar surface area (TPSA) is 122 Å². The van der Waals surface area contributed by atoms with Crippen molar-refractivity contribution in [2.45, 2.75) is 180 Å². The van der Waals surface area contributed by atoms with E-state index in [1.165, 1.54) is 78.3 Å². The number of aryl methyl sites for hydroxylation is 2. The lowest BCUT2D eigenvalue weighted by atomic mass is 9.89. The highest BCUT2D eigenvalue weighted by molar-refractivity contribution is 5.76. The maximum Gasteiger partial charge on any atom is 0.222 e. The molecule has 4 aliphatic rings. The SMILES string of the molecule is CC.CC.CC.CC.CCC.CCC.CCCCC1CCN(c2nc(N)nc3c2CCc2ccccc2-3)C1.CCCNC1CCN(c2nc(N)nc3c2CCc2ccccc2-3)C1. The van der Waals surface area contributed by atoms with Crippen molar-refractivity contribution in [2.75, 3.05) is 54.0 Å². The van der Waals surface area contributed by atoms with Crippen molar-refractivity contribution in [1.29, 1.82) is 0 Å². The van der Waals surface area contributed by atoms with Crippen molar-refractivity contribution in [3.63, 3.8) is 0 Å². The summed E-state index contributed by atoms with van der Waals surface area (Å²) >= 11 is 0. The maximum atomic E-state index is 6.07. The van der Waals surface area contributed by atoms with Crippen LogP contribution in [0.2, 0.25) is 0 Å². The number of nitrogens with zero attached hydrogens (tertiary/aromatic N) is 6. The van der Waals surface area contributed by atoms with Gasteiger partial charge in [0.05, 0.1) is 11.4 Å². The Morgan fingerprint density at radius 3 is 1.45 bits per heavy atom. The number of fused-ring (bicyclic) bond motifs is 6. The Labute approximate surface area is 380 Å². The Kier molecular flexibility index (Phi) is 29.2. The van der Waals surface area contributed by atoms with Crippen LogP contribution in [0.15, 0.2) is 48.5 Å². The molecule has 2 fully saturated rings. The number of nitrogens with one attached hydrogen (secondary N) is 1. The zero-order valence-corrected chi connectivity index (χ0v) is 42.1. The van der Waals surface area contributed by atoms with Crippen LogP contribution in [0, 0.1) is 5.92 Å². The van der Waals surface area contributed by atoms with Gasteiger partial charge in [0.15, 0.2) is 0 Å². The molecule has 2 atom stereocenters. The second kappa shape index (κ2) is 32.4. The van der Waals surface area contributed by atoms with Gasteiger partial charge in [-0.05, 0) is 75.0 Å². The van der Waals surface area contributed by atoms with Crippen LogP contribution in [0.1, 0.15) is 171 Å². The number of hydrogen-bond donors (Lipinski definition) is 3. The number of unbranched alkanes of at least 4 members (excludes halogenated alkanes) is 1. The van der Waals surface area contributed by atoms with Gasteiger partial charge < -0.3 is 26.6 Å². The van der Waals surface area contributed by atoms with Crippen LogP contribution >= 0.6 is 0 Å². The van der Waals surface area contributed by atoms with Gasteiger partial charge in [-0.2, -0.15) is 9.97 Å². The molecule has 9 nitrogen and oxygen atoms in total. The van der Waals surface area contributed by atoms with E-state index < -0.39 is 0 Å². The van der Waals surface area contributed by atoms with Crippen molar-refractivity contribution in [1.82, 2.24) is 25.3 Å². The van der Waals surface area contributed by atoms with E-state index in [0.29, 0.717) is 17.9 Å². The van der Waals surface area contributed by atoms with Gasteiger partial charge in [-0.3, -0.25) is 0 Å². The first kappa shape index (κ1) is 55.8. The average molecular weight is 854 g/mol. The molecular formula is C53H91N9. The smallest absolute Gasteiger partial charge is 0.222 e. The largest absolute Gasteiger partial charge is 0.368 e. The highest BCUT2D eigenvalue weighted by atomic mass is 15.3. The predicted octanol–water partition coefficient (Wildman–Crippen LogP) is 13.2. The van der Waals surface area contributed by atoms with E-state index in [4.69, 9.17) is 11.5 Å². The highest BCUT2D eigenvalue weighted by Crippen LogP contribution is 2.39. The number of rotatable bonds is 8. The molecule has 5 N–H and O–H groups in total. The second-order valence-corrected chi connectivity index (χ2v) is 15.3. The van der Waals surface area contributed by atoms with Crippen LogP contribution in [0.4, 0.5) is 23.5 Å². The first-order chi connectivity index (χ1) is 30.3. The molecule has 2 aromatic heterocycles. The zero-order valence-electron chi connectivity index (χ0n) is 42.1. The van der Waals surface area contributed by atoms with Crippen molar-refractivity contribution in [3.8, 4) is 22.5 Å². The van der Waals surface area contributed by atoms with Crippen molar-refractivity contribution >= 4 is 23.5 Å². The van der Waals surface area contributed by atoms with Gasteiger partial charge >= 0.3 is 0 Å². The molecule has 4 aromatic rings. The summed E-state index contributed by atoms with van der Waals surface area (Å²) in [6, 6.07) is 17.6. The molecule has 2 aromatic carbocycles. The van der Waals surface area contributed by atoms with E-state index in [1.807, 2.05) is 55.4 Å². The summed E-state index contributed by atoms with van der Waals surface area (Å²) in [4.78, 5) is 23.3. The van der Waals surface area contributed by atoms with E-state index in [9.17, 15) is 0 Å². The third-order valence-electron chi connectivity index (χ3n) is 10.6. The number of hydrogen-bond acceptors (Lipinski definition) is 9. The molecule has 9 heteroatoms. The van der Waals surface area contributed by atoms with Crippen molar-refractivity contribution in [2.24, 2.45) is 5.92 Å². The summed E-state index contributed by atoms with van der Waals surface area (Å²) in [7, 11) is 0. The number of nitrogens with two attached hydrogens (primary N) is 2. The van der Waals surface area contributed by atoms with Crippen LogP contribution in [-0.4, -0.2) is 58.7 Å². The molecule has 0 bridgehead atoms. The summed E-state index contributed by atoms with van der Waals surface area (Å²) in [5, 5.41) is 3.63. The average Bonchev–Trinajstić information content (AvgIpc) is 4.01. The van der Waals surface area contributed by atoms with E-state index in [2.05, 4.69) is 125 Å². The predicted molar refractivity (Wildman–Crippen MR) is 275 cm³/mol. The normalized spacial score (nSPS) is 15.8. The van der Waals surface area contributed by atoms with Gasteiger partial charge in [-0.25, -0.2) is 9.97 Å². The van der Waals surface area contributed by atoms with Crippen molar-refractivity contribution in [3.05, 3.63) is 70.8 Å². The van der Waals surface area contributed by atoms with E-state index >= 15 is 0 Å². The van der Waals surface area contributed by atoms with Crippen LogP contribution in [0.5, 0.6) is 0 Å². The molecule has 0 radical (unpaired) electrons. The Morgan fingerprint density at radius 2 is 1.00 bits per heavy atom. The summed E-state index contributed by atoms with van der Waals surface area (Å²) in [5.41, 5.74) is 21.9. The summed E-state index contributed by atoms with van der Waals surface area (Å²) in [6.07, 6.45) is 14.2. The fourth-order valence-corrected chi connectivity index (χ4v) is 8.09. The molecule has 2 aliphatic heterocycles. The second-order valence-electron chi connectivity index (χ2n) is 15.3. The van der Waals surface area contributed by atoms with E-state index in [-0.39, 0.29) is 0 Å². The lowest BCUT2D eigenvalue weighted by Gasteiger charge is -2.26. The fourth-order valence-electron chi connectivity index (χ4n) is 8.09. The van der Waals surface area contributed by atoms with Gasteiger partial charge in [0.25, 0.3) is 0 Å². The monoisotopic (exact) mass is 854 g/mol. The molecule has 62 heavy (non-hydrogen) atoms. The molecule has 2 aliphatic carbocycles. The molecule has 0 spiro atoms. The van der Waals surface area contributed by atoms with Crippen LogP contribution in [-0.2, 0) is 25.7 Å². The first-order valence-electron chi connectivity index (χ1n) is 25.1. The highest BCUT2D eigenvalue weighted by Gasteiger charge is 2.30. The van der Waals surface area contributed by atoms with Gasteiger partial charge in [-0.1, -0.05) is 171 Å². The maximum absolute atomic E-state index is 6.07. The number of nitrogen functional groups attached to an aromatic ring is 2. The van der Waals surface area contributed by atoms with Crippen LogP contribution in [0.25, 0.3) is 22.5 Å². The van der Waals surface area contributed by atoms with Gasteiger partial charge in [-0.15, -0.1) is 0 Å². The Bertz CT molecular complexity index is 1650.